The van der Waals surface area contributed by atoms with Crippen molar-refractivity contribution in [2.75, 3.05) is 52.4 Å². The molecule has 3 aliphatic rings. The molecule has 3 fully saturated rings. The van der Waals surface area contributed by atoms with E-state index in [-0.39, 0.29) is 23.6 Å². The van der Waals surface area contributed by atoms with Gasteiger partial charge in [-0.05, 0) is 44.7 Å². The first-order valence-electron chi connectivity index (χ1n) is 14.1. The van der Waals surface area contributed by atoms with Crippen molar-refractivity contribution in [3.05, 3.63) is 52.7 Å². The monoisotopic (exact) mass is 551 g/mol. The fraction of sp³-hybridized carbons (Fsp3) is 0.533. The number of piperidine rings is 2. The lowest BCUT2D eigenvalue weighted by Gasteiger charge is -2.43. The summed E-state index contributed by atoms with van der Waals surface area (Å²) in [4.78, 5) is 50.7. The number of hydrogen-bond acceptors (Lipinski definition) is 5. The Hall–Kier alpha value is -2.97. The Kier molecular flexibility index (Phi) is 8.52. The van der Waals surface area contributed by atoms with Crippen LogP contribution in [0.1, 0.15) is 48.5 Å². The summed E-state index contributed by atoms with van der Waals surface area (Å²) in [5.41, 5.74) is 3.38. The molecule has 1 aromatic heterocycles. The number of rotatable bonds is 4. The van der Waals surface area contributed by atoms with Crippen LogP contribution < -0.4 is 0 Å². The summed E-state index contributed by atoms with van der Waals surface area (Å²) in [6.45, 7) is 9.58. The van der Waals surface area contributed by atoms with Crippen LogP contribution in [-0.4, -0.2) is 101 Å². The van der Waals surface area contributed by atoms with E-state index < -0.39 is 0 Å². The van der Waals surface area contributed by atoms with Gasteiger partial charge < -0.3 is 14.7 Å². The zero-order chi connectivity index (χ0) is 27.5. The highest BCUT2D eigenvalue weighted by Gasteiger charge is 2.34. The van der Waals surface area contributed by atoms with Crippen molar-refractivity contribution >= 4 is 29.3 Å². The van der Waals surface area contributed by atoms with E-state index in [4.69, 9.17) is 11.6 Å². The van der Waals surface area contributed by atoms with Crippen molar-refractivity contribution in [1.82, 2.24) is 24.6 Å². The summed E-state index contributed by atoms with van der Waals surface area (Å²) in [6, 6.07) is 12.0. The highest BCUT2D eigenvalue weighted by atomic mass is 35.5. The summed E-state index contributed by atoms with van der Waals surface area (Å²) in [7, 11) is 0. The largest absolute Gasteiger partial charge is 0.343 e. The van der Waals surface area contributed by atoms with E-state index in [9.17, 15) is 14.4 Å². The van der Waals surface area contributed by atoms with Crippen LogP contribution in [0.2, 0.25) is 5.15 Å². The maximum atomic E-state index is 13.4. The van der Waals surface area contributed by atoms with Crippen molar-refractivity contribution in [2.45, 2.75) is 45.6 Å². The number of pyridine rings is 1. The predicted molar refractivity (Wildman–Crippen MR) is 151 cm³/mol. The fourth-order valence-electron chi connectivity index (χ4n) is 6.12. The van der Waals surface area contributed by atoms with E-state index in [0.29, 0.717) is 48.6 Å². The summed E-state index contributed by atoms with van der Waals surface area (Å²) >= 11 is 6.31. The van der Waals surface area contributed by atoms with Crippen LogP contribution in [0.4, 0.5) is 0 Å². The number of aromatic nitrogens is 1. The number of benzene rings is 1. The maximum absolute atomic E-state index is 13.4. The Bertz CT molecular complexity index is 1200. The van der Waals surface area contributed by atoms with Gasteiger partial charge in [-0.3, -0.25) is 19.3 Å². The maximum Gasteiger partial charge on any atom is 0.254 e. The summed E-state index contributed by atoms with van der Waals surface area (Å²) in [5, 5.41) is 0.320. The van der Waals surface area contributed by atoms with Gasteiger partial charge in [-0.2, -0.15) is 0 Å². The molecule has 0 aliphatic carbocycles. The van der Waals surface area contributed by atoms with Crippen molar-refractivity contribution in [1.29, 1.82) is 0 Å². The van der Waals surface area contributed by atoms with Crippen LogP contribution in [0.15, 0.2) is 36.4 Å². The van der Waals surface area contributed by atoms with Gasteiger partial charge in [0.25, 0.3) is 5.91 Å². The van der Waals surface area contributed by atoms with E-state index in [1.54, 1.807) is 13.0 Å². The van der Waals surface area contributed by atoms with E-state index in [2.05, 4.69) is 9.88 Å². The third-order valence-corrected chi connectivity index (χ3v) is 8.77. The Morgan fingerprint density at radius 3 is 2.03 bits per heavy atom. The number of carbonyl (C=O) groups excluding carboxylic acids is 3. The van der Waals surface area contributed by atoms with Gasteiger partial charge in [0.15, 0.2) is 0 Å². The highest BCUT2D eigenvalue weighted by Crippen LogP contribution is 2.26. The van der Waals surface area contributed by atoms with Crippen molar-refractivity contribution < 1.29 is 14.4 Å². The van der Waals surface area contributed by atoms with E-state index in [1.165, 1.54) is 5.56 Å². The number of nitrogens with zero attached hydrogens (tertiary/aromatic N) is 5. The second kappa shape index (κ2) is 12.0. The number of piperazine rings is 1. The Morgan fingerprint density at radius 1 is 0.795 bits per heavy atom. The van der Waals surface area contributed by atoms with Crippen molar-refractivity contribution in [3.8, 4) is 11.3 Å². The predicted octanol–water partition coefficient (Wildman–Crippen LogP) is 3.72. The Labute approximate surface area is 235 Å². The van der Waals surface area contributed by atoms with Crippen molar-refractivity contribution in [2.24, 2.45) is 5.92 Å². The van der Waals surface area contributed by atoms with Gasteiger partial charge in [0.05, 0.1) is 5.69 Å². The van der Waals surface area contributed by atoms with E-state index in [0.717, 1.165) is 57.4 Å². The minimum Gasteiger partial charge on any atom is -0.343 e. The molecule has 3 aliphatic heterocycles. The van der Waals surface area contributed by atoms with Crippen LogP contribution in [0.3, 0.4) is 0 Å². The molecule has 0 atom stereocenters. The van der Waals surface area contributed by atoms with Gasteiger partial charge in [-0.15, -0.1) is 0 Å². The lowest BCUT2D eigenvalue weighted by Crippen LogP contribution is -2.55. The van der Waals surface area contributed by atoms with Gasteiger partial charge in [-0.1, -0.05) is 41.4 Å². The summed E-state index contributed by atoms with van der Waals surface area (Å²) in [5.74, 6) is 0.386. The number of carbonyl (C=O) groups is 3. The smallest absolute Gasteiger partial charge is 0.254 e. The first-order valence-corrected chi connectivity index (χ1v) is 14.5. The van der Waals surface area contributed by atoms with Crippen LogP contribution in [-0.2, 0) is 9.59 Å². The Balaban J connectivity index is 1.11. The molecule has 0 spiro atoms. The first-order chi connectivity index (χ1) is 18.8. The van der Waals surface area contributed by atoms with Gasteiger partial charge in [0, 0.05) is 82.4 Å². The number of aryl methyl sites for hydroxylation is 1. The number of amides is 3. The Morgan fingerprint density at radius 2 is 1.41 bits per heavy atom. The third-order valence-electron chi connectivity index (χ3n) is 8.57. The molecule has 2 aromatic rings. The molecule has 5 rings (SSSR count). The number of hydrogen-bond donors (Lipinski definition) is 0. The summed E-state index contributed by atoms with van der Waals surface area (Å²) < 4.78 is 0. The molecule has 8 nitrogen and oxygen atoms in total. The standard InChI is InChI=1S/C30H38ClN5O3/c1-21-3-5-23(6-4-21)27-19-25(20-28(31)32-27)30(39)36-17-15-34(16-18-36)26-9-13-35(14-10-26)29(38)24-7-11-33(12-8-24)22(2)37/h3-6,19-20,24,26H,7-18H2,1-2H3. The molecule has 3 saturated heterocycles. The van der Waals surface area contributed by atoms with Crippen LogP contribution in [0.25, 0.3) is 11.3 Å². The van der Waals surface area contributed by atoms with Crippen LogP contribution in [0.5, 0.6) is 0 Å². The van der Waals surface area contributed by atoms with Gasteiger partial charge in [0.2, 0.25) is 11.8 Å². The fourth-order valence-corrected chi connectivity index (χ4v) is 6.32. The van der Waals surface area contributed by atoms with Crippen LogP contribution >= 0.6 is 11.6 Å². The molecular formula is C30H38ClN5O3. The average Bonchev–Trinajstić information content (AvgIpc) is 2.96. The second-order valence-electron chi connectivity index (χ2n) is 11.1. The topological polar surface area (TPSA) is 77.1 Å². The van der Waals surface area contributed by atoms with Gasteiger partial charge in [-0.25, -0.2) is 4.98 Å². The van der Waals surface area contributed by atoms with Crippen molar-refractivity contribution in [3.63, 3.8) is 0 Å². The molecule has 0 unspecified atom stereocenters. The highest BCUT2D eigenvalue weighted by molar-refractivity contribution is 6.30. The molecule has 1 aromatic carbocycles. The molecule has 4 heterocycles. The zero-order valence-electron chi connectivity index (χ0n) is 22.9. The number of halogens is 1. The van der Waals surface area contributed by atoms with E-state index in [1.807, 2.05) is 52.0 Å². The van der Waals surface area contributed by atoms with Gasteiger partial charge >= 0.3 is 0 Å². The third kappa shape index (κ3) is 6.44. The lowest BCUT2D eigenvalue weighted by atomic mass is 9.93. The summed E-state index contributed by atoms with van der Waals surface area (Å²) in [6.07, 6.45) is 3.46. The molecule has 0 saturated carbocycles. The number of likely N-dealkylation sites (tertiary alicyclic amines) is 2. The first kappa shape index (κ1) is 27.6. The second-order valence-corrected chi connectivity index (χ2v) is 11.5. The molecule has 0 bridgehead atoms. The minimum atomic E-state index is -0.0106. The lowest BCUT2D eigenvalue weighted by molar-refractivity contribution is -0.141. The zero-order valence-corrected chi connectivity index (χ0v) is 23.7. The normalized spacial score (nSPS) is 19.8. The van der Waals surface area contributed by atoms with E-state index >= 15 is 0 Å². The van der Waals surface area contributed by atoms with Crippen LogP contribution in [0, 0.1) is 12.8 Å². The molecule has 208 valence electrons. The van der Waals surface area contributed by atoms with Gasteiger partial charge in [0.1, 0.15) is 5.15 Å². The molecule has 39 heavy (non-hydrogen) atoms. The average molecular weight is 552 g/mol. The molecule has 0 radical (unpaired) electrons. The molecule has 3 amide bonds. The SMILES string of the molecule is CC(=O)N1CCC(C(=O)N2CCC(N3CCN(C(=O)c4cc(Cl)nc(-c5ccc(C)cc5)c4)CC3)CC2)CC1. The molecular weight excluding hydrogens is 514 g/mol. The minimum absolute atomic E-state index is 0.0106. The molecule has 9 heteroatoms. The quantitative estimate of drug-likeness (QED) is 0.541. The molecule has 0 N–H and O–H groups in total.